The summed E-state index contributed by atoms with van der Waals surface area (Å²) in [5.74, 6) is 0. The summed E-state index contributed by atoms with van der Waals surface area (Å²) in [5.41, 5.74) is 3.54. The molecule has 1 aromatic heterocycles. The quantitative estimate of drug-likeness (QED) is 0.757. The first kappa shape index (κ1) is 9.99. The number of nitrogens with zero attached hydrogens (tertiary/aromatic N) is 2. The molecule has 0 unspecified atom stereocenters. The zero-order chi connectivity index (χ0) is 9.84. The lowest BCUT2D eigenvalue weighted by Crippen LogP contribution is -2.03. The Labute approximate surface area is 79.5 Å². The van der Waals surface area contributed by atoms with Crippen LogP contribution in [0.4, 0.5) is 0 Å². The SMILES string of the molecule is CNCC=Cc1c(C)nn(C)c1C. The van der Waals surface area contributed by atoms with E-state index in [-0.39, 0.29) is 0 Å². The first-order valence-electron chi connectivity index (χ1n) is 4.48. The molecule has 0 radical (unpaired) electrons. The highest BCUT2D eigenvalue weighted by molar-refractivity contribution is 5.54. The molecule has 0 spiro atoms. The Hall–Kier alpha value is -1.09. The van der Waals surface area contributed by atoms with E-state index in [0.29, 0.717) is 0 Å². The van der Waals surface area contributed by atoms with Gasteiger partial charge in [0.05, 0.1) is 5.69 Å². The van der Waals surface area contributed by atoms with Crippen LogP contribution in [-0.2, 0) is 7.05 Å². The lowest BCUT2D eigenvalue weighted by Gasteiger charge is -1.94. The Morgan fingerprint density at radius 3 is 2.62 bits per heavy atom. The van der Waals surface area contributed by atoms with Crippen LogP contribution in [0.1, 0.15) is 17.0 Å². The predicted octanol–water partition coefficient (Wildman–Crippen LogP) is 1.27. The second-order valence-corrected chi connectivity index (χ2v) is 3.17. The van der Waals surface area contributed by atoms with Crippen LogP contribution >= 0.6 is 0 Å². The Morgan fingerprint density at radius 1 is 1.46 bits per heavy atom. The van der Waals surface area contributed by atoms with Gasteiger partial charge >= 0.3 is 0 Å². The minimum atomic E-state index is 0.897. The predicted molar refractivity (Wildman–Crippen MR) is 55.6 cm³/mol. The van der Waals surface area contributed by atoms with E-state index < -0.39 is 0 Å². The molecule has 0 aliphatic carbocycles. The molecule has 0 saturated heterocycles. The smallest absolute Gasteiger partial charge is 0.0668 e. The van der Waals surface area contributed by atoms with Crippen LogP contribution in [0.25, 0.3) is 6.08 Å². The minimum Gasteiger partial charge on any atom is -0.316 e. The van der Waals surface area contributed by atoms with E-state index in [4.69, 9.17) is 0 Å². The van der Waals surface area contributed by atoms with Crippen molar-refractivity contribution >= 4 is 6.08 Å². The van der Waals surface area contributed by atoms with E-state index >= 15 is 0 Å². The Morgan fingerprint density at radius 2 is 2.15 bits per heavy atom. The molecule has 1 aromatic rings. The second kappa shape index (κ2) is 4.23. The van der Waals surface area contributed by atoms with Crippen molar-refractivity contribution in [3.8, 4) is 0 Å². The fraction of sp³-hybridized carbons (Fsp3) is 0.500. The molecule has 3 heteroatoms. The largest absolute Gasteiger partial charge is 0.316 e. The van der Waals surface area contributed by atoms with Gasteiger partial charge in [0, 0.05) is 24.8 Å². The highest BCUT2D eigenvalue weighted by Gasteiger charge is 2.04. The summed E-state index contributed by atoms with van der Waals surface area (Å²) in [7, 11) is 3.91. The molecule has 0 aromatic carbocycles. The van der Waals surface area contributed by atoms with Gasteiger partial charge in [-0.15, -0.1) is 0 Å². The van der Waals surface area contributed by atoms with E-state index in [9.17, 15) is 0 Å². The molecule has 0 aliphatic rings. The molecule has 0 atom stereocenters. The number of likely N-dealkylation sites (N-methyl/N-ethyl adjacent to an activating group) is 1. The third-order valence-electron chi connectivity index (χ3n) is 2.17. The maximum absolute atomic E-state index is 4.33. The number of nitrogens with one attached hydrogen (secondary N) is 1. The molecular formula is C10H17N3. The standard InChI is InChI=1S/C10H17N3/c1-8-10(6-5-7-11-3)9(2)13(4)12-8/h5-6,11H,7H2,1-4H3. The van der Waals surface area contributed by atoms with Crippen molar-refractivity contribution in [2.24, 2.45) is 7.05 Å². The summed E-state index contributed by atoms with van der Waals surface area (Å²) < 4.78 is 1.91. The van der Waals surface area contributed by atoms with Crippen molar-refractivity contribution in [2.75, 3.05) is 13.6 Å². The molecular weight excluding hydrogens is 162 g/mol. The topological polar surface area (TPSA) is 29.9 Å². The maximum Gasteiger partial charge on any atom is 0.0668 e. The molecule has 0 saturated carbocycles. The van der Waals surface area contributed by atoms with Gasteiger partial charge in [0.15, 0.2) is 0 Å². The molecule has 0 bridgehead atoms. The van der Waals surface area contributed by atoms with Gasteiger partial charge < -0.3 is 5.32 Å². The molecule has 0 aliphatic heterocycles. The monoisotopic (exact) mass is 179 g/mol. The van der Waals surface area contributed by atoms with Crippen molar-refractivity contribution in [1.82, 2.24) is 15.1 Å². The number of rotatable bonds is 3. The average molecular weight is 179 g/mol. The minimum absolute atomic E-state index is 0.897. The summed E-state index contributed by atoms with van der Waals surface area (Å²) >= 11 is 0. The van der Waals surface area contributed by atoms with E-state index in [1.165, 1.54) is 11.3 Å². The maximum atomic E-state index is 4.33. The van der Waals surface area contributed by atoms with Gasteiger partial charge in [0.2, 0.25) is 0 Å². The van der Waals surface area contributed by atoms with Gasteiger partial charge in [0.1, 0.15) is 0 Å². The number of aromatic nitrogens is 2. The molecule has 1 N–H and O–H groups in total. The zero-order valence-electron chi connectivity index (χ0n) is 8.76. The van der Waals surface area contributed by atoms with E-state index in [1.807, 2.05) is 25.7 Å². The van der Waals surface area contributed by atoms with Crippen LogP contribution in [-0.4, -0.2) is 23.4 Å². The molecule has 0 fully saturated rings. The van der Waals surface area contributed by atoms with Crippen LogP contribution in [0.2, 0.25) is 0 Å². The van der Waals surface area contributed by atoms with Crippen LogP contribution in [0.5, 0.6) is 0 Å². The third kappa shape index (κ3) is 2.18. The van der Waals surface area contributed by atoms with Crippen LogP contribution < -0.4 is 5.32 Å². The van der Waals surface area contributed by atoms with Gasteiger partial charge in [-0.1, -0.05) is 12.2 Å². The molecule has 1 rings (SSSR count). The fourth-order valence-corrected chi connectivity index (χ4v) is 1.33. The zero-order valence-corrected chi connectivity index (χ0v) is 8.76. The fourth-order valence-electron chi connectivity index (χ4n) is 1.33. The van der Waals surface area contributed by atoms with Crippen molar-refractivity contribution in [3.05, 3.63) is 23.0 Å². The first-order chi connectivity index (χ1) is 6.16. The van der Waals surface area contributed by atoms with Crippen LogP contribution in [0.15, 0.2) is 6.08 Å². The second-order valence-electron chi connectivity index (χ2n) is 3.17. The van der Waals surface area contributed by atoms with Crippen LogP contribution in [0, 0.1) is 13.8 Å². The Balaban J connectivity index is 2.87. The van der Waals surface area contributed by atoms with Gasteiger partial charge in [-0.2, -0.15) is 5.10 Å². The van der Waals surface area contributed by atoms with E-state index in [2.05, 4.69) is 29.5 Å². The lowest BCUT2D eigenvalue weighted by molar-refractivity contribution is 0.731. The summed E-state index contributed by atoms with van der Waals surface area (Å²) in [6, 6.07) is 0. The lowest BCUT2D eigenvalue weighted by atomic mass is 10.2. The third-order valence-corrected chi connectivity index (χ3v) is 2.17. The number of hydrogen-bond donors (Lipinski definition) is 1. The van der Waals surface area contributed by atoms with Crippen LogP contribution in [0.3, 0.4) is 0 Å². The molecule has 1 heterocycles. The molecule has 13 heavy (non-hydrogen) atoms. The Bertz CT molecular complexity index is 310. The first-order valence-corrected chi connectivity index (χ1v) is 4.48. The average Bonchev–Trinajstić information content (AvgIpc) is 2.32. The van der Waals surface area contributed by atoms with Gasteiger partial charge in [-0.3, -0.25) is 4.68 Å². The van der Waals surface area contributed by atoms with Crippen molar-refractivity contribution < 1.29 is 0 Å². The Kier molecular flexibility index (Phi) is 3.25. The van der Waals surface area contributed by atoms with Crippen molar-refractivity contribution in [3.63, 3.8) is 0 Å². The normalized spacial score (nSPS) is 11.4. The van der Waals surface area contributed by atoms with Crippen molar-refractivity contribution in [1.29, 1.82) is 0 Å². The number of aryl methyl sites for hydroxylation is 2. The highest BCUT2D eigenvalue weighted by Crippen LogP contribution is 2.12. The summed E-state index contributed by atoms with van der Waals surface area (Å²) in [5, 5.41) is 7.40. The van der Waals surface area contributed by atoms with Crippen molar-refractivity contribution in [2.45, 2.75) is 13.8 Å². The molecule has 3 nitrogen and oxygen atoms in total. The molecule has 72 valence electrons. The van der Waals surface area contributed by atoms with Gasteiger partial charge in [-0.25, -0.2) is 0 Å². The molecule has 0 amide bonds. The summed E-state index contributed by atoms with van der Waals surface area (Å²) in [4.78, 5) is 0. The summed E-state index contributed by atoms with van der Waals surface area (Å²) in [6.45, 7) is 5.01. The summed E-state index contributed by atoms with van der Waals surface area (Å²) in [6.07, 6.45) is 4.23. The number of hydrogen-bond acceptors (Lipinski definition) is 2. The van der Waals surface area contributed by atoms with Gasteiger partial charge in [0.25, 0.3) is 0 Å². The highest BCUT2D eigenvalue weighted by atomic mass is 15.3. The van der Waals surface area contributed by atoms with E-state index in [1.54, 1.807) is 0 Å². The van der Waals surface area contributed by atoms with Gasteiger partial charge in [-0.05, 0) is 20.9 Å². The van der Waals surface area contributed by atoms with E-state index in [0.717, 1.165) is 12.2 Å².